The molecule has 2 amide bonds. The molecule has 0 fully saturated rings. The van der Waals surface area contributed by atoms with Gasteiger partial charge in [0, 0.05) is 29.9 Å². The molecule has 100 valence electrons. The Balaban J connectivity index is 2.16. The average molecular weight is 266 g/mol. The second-order valence-corrected chi connectivity index (χ2v) is 4.61. The molecular formula is C15H14N4O. The van der Waals surface area contributed by atoms with E-state index in [2.05, 4.69) is 16.6 Å². The number of nitrogens with zero attached hydrogens (tertiary/aromatic N) is 3. The van der Waals surface area contributed by atoms with Gasteiger partial charge in [0.1, 0.15) is 11.9 Å². The van der Waals surface area contributed by atoms with E-state index in [0.29, 0.717) is 12.4 Å². The fraction of sp³-hybridized carbons (Fsp3) is 0.133. The van der Waals surface area contributed by atoms with Crippen LogP contribution in [0.5, 0.6) is 0 Å². The van der Waals surface area contributed by atoms with E-state index < -0.39 is 0 Å². The Morgan fingerprint density at radius 2 is 2.15 bits per heavy atom. The van der Waals surface area contributed by atoms with Gasteiger partial charge in [0.25, 0.3) is 0 Å². The summed E-state index contributed by atoms with van der Waals surface area (Å²) in [6, 6.07) is 7.17. The Morgan fingerprint density at radius 3 is 2.95 bits per heavy atom. The van der Waals surface area contributed by atoms with Crippen LogP contribution in [-0.4, -0.2) is 28.3 Å². The van der Waals surface area contributed by atoms with Crippen LogP contribution >= 0.6 is 0 Å². The summed E-state index contributed by atoms with van der Waals surface area (Å²) in [5, 5.41) is 2.03. The van der Waals surface area contributed by atoms with Crippen LogP contribution in [0.1, 0.15) is 11.6 Å². The normalized spacial score (nSPS) is 18.4. The lowest BCUT2D eigenvalue weighted by Crippen LogP contribution is -2.33. The molecule has 0 saturated carbocycles. The fourth-order valence-electron chi connectivity index (χ4n) is 2.51. The van der Waals surface area contributed by atoms with Gasteiger partial charge in [-0.15, -0.1) is 6.58 Å². The van der Waals surface area contributed by atoms with Gasteiger partial charge in [0.2, 0.25) is 0 Å². The second-order valence-electron chi connectivity index (χ2n) is 4.61. The van der Waals surface area contributed by atoms with E-state index in [4.69, 9.17) is 5.73 Å². The van der Waals surface area contributed by atoms with Gasteiger partial charge in [-0.05, 0) is 5.39 Å². The second kappa shape index (κ2) is 4.77. The van der Waals surface area contributed by atoms with E-state index >= 15 is 0 Å². The lowest BCUT2D eigenvalue weighted by Gasteiger charge is -2.23. The van der Waals surface area contributed by atoms with Crippen molar-refractivity contribution >= 4 is 22.6 Å². The molecule has 20 heavy (non-hydrogen) atoms. The monoisotopic (exact) mass is 266 g/mol. The number of fused-ring (bicyclic) bond motifs is 1. The Bertz CT molecular complexity index is 717. The van der Waals surface area contributed by atoms with Gasteiger partial charge < -0.3 is 10.6 Å². The number of aromatic nitrogens is 1. The summed E-state index contributed by atoms with van der Waals surface area (Å²) >= 11 is 0. The molecule has 1 unspecified atom stereocenters. The molecule has 0 aliphatic carbocycles. The molecule has 1 aliphatic heterocycles. The molecule has 1 atom stereocenters. The zero-order valence-electron chi connectivity index (χ0n) is 10.9. The van der Waals surface area contributed by atoms with Crippen LogP contribution in [0.3, 0.4) is 0 Å². The first kappa shape index (κ1) is 12.3. The average Bonchev–Trinajstić information content (AvgIpc) is 2.73. The van der Waals surface area contributed by atoms with Crippen LogP contribution in [0.2, 0.25) is 0 Å². The van der Waals surface area contributed by atoms with Crippen LogP contribution in [0.25, 0.3) is 10.8 Å². The number of benzene rings is 1. The van der Waals surface area contributed by atoms with Gasteiger partial charge >= 0.3 is 6.03 Å². The fourth-order valence-corrected chi connectivity index (χ4v) is 2.51. The first-order valence-corrected chi connectivity index (χ1v) is 6.30. The maximum absolute atomic E-state index is 11.9. The number of amidine groups is 1. The van der Waals surface area contributed by atoms with Crippen molar-refractivity contribution in [1.29, 1.82) is 0 Å². The Kier molecular flexibility index (Phi) is 2.95. The van der Waals surface area contributed by atoms with Gasteiger partial charge in [-0.2, -0.15) is 4.99 Å². The number of carbonyl (C=O) groups is 1. The van der Waals surface area contributed by atoms with Gasteiger partial charge in [-0.1, -0.05) is 30.3 Å². The van der Waals surface area contributed by atoms with Crippen LogP contribution < -0.4 is 5.73 Å². The zero-order valence-corrected chi connectivity index (χ0v) is 10.9. The number of hydrogen-bond acceptors (Lipinski definition) is 3. The predicted molar refractivity (Wildman–Crippen MR) is 78.4 cm³/mol. The van der Waals surface area contributed by atoms with Crippen molar-refractivity contribution in [2.75, 3.05) is 6.54 Å². The predicted octanol–water partition coefficient (Wildman–Crippen LogP) is 2.25. The summed E-state index contributed by atoms with van der Waals surface area (Å²) in [7, 11) is 0. The quantitative estimate of drug-likeness (QED) is 0.866. The molecule has 0 radical (unpaired) electrons. The highest BCUT2D eigenvalue weighted by Crippen LogP contribution is 2.31. The molecule has 2 aromatic rings. The van der Waals surface area contributed by atoms with E-state index in [0.717, 1.165) is 16.3 Å². The number of pyridine rings is 1. The van der Waals surface area contributed by atoms with Crippen LogP contribution in [0.15, 0.2) is 54.3 Å². The third-order valence-corrected chi connectivity index (χ3v) is 3.38. The summed E-state index contributed by atoms with van der Waals surface area (Å²) in [5.41, 5.74) is 6.82. The lowest BCUT2D eigenvalue weighted by atomic mass is 10.0. The molecule has 5 nitrogen and oxygen atoms in total. The topological polar surface area (TPSA) is 71.6 Å². The molecule has 1 aromatic heterocycles. The highest BCUT2D eigenvalue weighted by molar-refractivity contribution is 6.05. The van der Waals surface area contributed by atoms with Crippen molar-refractivity contribution in [3.8, 4) is 0 Å². The molecule has 0 bridgehead atoms. The Labute approximate surface area is 116 Å². The van der Waals surface area contributed by atoms with Crippen molar-refractivity contribution in [2.24, 2.45) is 10.7 Å². The number of carbonyl (C=O) groups excluding carboxylic acids is 1. The number of hydrogen-bond donors (Lipinski definition) is 1. The van der Waals surface area contributed by atoms with Crippen LogP contribution in [0, 0.1) is 0 Å². The number of urea groups is 1. The van der Waals surface area contributed by atoms with Crippen molar-refractivity contribution < 1.29 is 4.79 Å². The minimum absolute atomic E-state index is 0.301. The summed E-state index contributed by atoms with van der Waals surface area (Å²) in [4.78, 5) is 21.6. The van der Waals surface area contributed by atoms with E-state index in [1.54, 1.807) is 23.4 Å². The largest absolute Gasteiger partial charge is 0.385 e. The lowest BCUT2D eigenvalue weighted by molar-refractivity contribution is 0.213. The minimum atomic E-state index is -0.376. The first-order valence-electron chi connectivity index (χ1n) is 6.30. The molecular weight excluding hydrogens is 252 g/mol. The maximum Gasteiger partial charge on any atom is 0.346 e. The Morgan fingerprint density at radius 1 is 1.35 bits per heavy atom. The molecule has 2 heterocycles. The minimum Gasteiger partial charge on any atom is -0.385 e. The first-order chi connectivity index (χ1) is 9.72. The van der Waals surface area contributed by atoms with E-state index in [-0.39, 0.29) is 12.1 Å². The zero-order chi connectivity index (χ0) is 14.1. The van der Waals surface area contributed by atoms with Crippen LogP contribution in [0.4, 0.5) is 4.79 Å². The van der Waals surface area contributed by atoms with Crippen molar-refractivity contribution in [1.82, 2.24) is 9.88 Å². The summed E-state index contributed by atoms with van der Waals surface area (Å²) in [6.45, 7) is 4.07. The third kappa shape index (κ3) is 1.84. The maximum atomic E-state index is 11.9. The van der Waals surface area contributed by atoms with Crippen molar-refractivity contribution in [2.45, 2.75) is 6.04 Å². The number of nitrogens with two attached hydrogens (primary N) is 1. The number of amides is 2. The standard InChI is InChI=1S/C15H14N4O/c1-2-7-19-13(14(16)18-15(19)20)12-9-17-8-10-5-3-4-6-11(10)12/h2-6,8-9,13H,1,7H2,(H2,16,18,20). The SMILES string of the molecule is C=CCN1C(=O)N=C(N)C1c1cncc2ccccc12. The van der Waals surface area contributed by atoms with Gasteiger partial charge in [-0.3, -0.25) is 4.98 Å². The molecule has 0 saturated heterocycles. The Hall–Kier alpha value is -2.69. The highest BCUT2D eigenvalue weighted by Gasteiger charge is 2.34. The van der Waals surface area contributed by atoms with Gasteiger partial charge in [0.05, 0.1) is 0 Å². The third-order valence-electron chi connectivity index (χ3n) is 3.38. The molecule has 1 aromatic carbocycles. The molecule has 0 spiro atoms. The summed E-state index contributed by atoms with van der Waals surface area (Å²) in [6.07, 6.45) is 5.20. The number of rotatable bonds is 3. The van der Waals surface area contributed by atoms with E-state index in [1.807, 2.05) is 24.3 Å². The highest BCUT2D eigenvalue weighted by atomic mass is 16.2. The number of aliphatic imine (C=N–C) groups is 1. The van der Waals surface area contributed by atoms with Crippen LogP contribution in [-0.2, 0) is 0 Å². The van der Waals surface area contributed by atoms with E-state index in [1.165, 1.54) is 0 Å². The van der Waals surface area contributed by atoms with Crippen molar-refractivity contribution in [3.05, 3.63) is 54.9 Å². The van der Waals surface area contributed by atoms with E-state index in [9.17, 15) is 4.79 Å². The van der Waals surface area contributed by atoms with Gasteiger partial charge in [0.15, 0.2) is 0 Å². The van der Waals surface area contributed by atoms with Gasteiger partial charge in [-0.25, -0.2) is 4.79 Å². The summed E-state index contributed by atoms with van der Waals surface area (Å²) < 4.78 is 0. The molecule has 5 heteroatoms. The molecule has 2 N–H and O–H groups in total. The summed E-state index contributed by atoms with van der Waals surface area (Å²) in [5.74, 6) is 0.301. The smallest absolute Gasteiger partial charge is 0.346 e. The van der Waals surface area contributed by atoms with Crippen molar-refractivity contribution in [3.63, 3.8) is 0 Å². The molecule has 1 aliphatic rings. The molecule has 3 rings (SSSR count).